The molecule has 0 rings (SSSR count). The Morgan fingerprint density at radius 1 is 1.21 bits per heavy atom. The van der Waals surface area contributed by atoms with Gasteiger partial charge in [-0.05, 0) is 20.5 Å². The van der Waals surface area contributed by atoms with Gasteiger partial charge in [-0.1, -0.05) is 6.92 Å². The van der Waals surface area contributed by atoms with Gasteiger partial charge in [0.15, 0.2) is 6.17 Å². The zero-order valence-electron chi connectivity index (χ0n) is 8.73. The molecule has 0 aliphatic rings. The Labute approximate surface area is 83.5 Å². The zero-order chi connectivity index (χ0) is 11.0. The minimum Gasteiger partial charge on any atom is -0.306 e. The molecule has 0 amide bonds. The van der Waals surface area contributed by atoms with Crippen LogP contribution >= 0.6 is 0 Å². The average molecular weight is 197 g/mol. The molecular formula is C9H15N3O2. The predicted octanol–water partition coefficient (Wildman–Crippen LogP) is 0.714. The van der Waals surface area contributed by atoms with Gasteiger partial charge in [0.05, 0.1) is 0 Å². The van der Waals surface area contributed by atoms with Crippen molar-refractivity contribution in [3.8, 4) is 0 Å². The van der Waals surface area contributed by atoms with Crippen molar-refractivity contribution in [2.24, 2.45) is 9.98 Å². The topological polar surface area (TPSA) is 62.1 Å². The lowest BCUT2D eigenvalue weighted by molar-refractivity contribution is 0.259. The van der Waals surface area contributed by atoms with Crippen molar-refractivity contribution in [2.45, 2.75) is 32.0 Å². The third-order valence-electron chi connectivity index (χ3n) is 2.09. The lowest BCUT2D eigenvalue weighted by Crippen LogP contribution is -2.30. The Morgan fingerprint density at radius 3 is 2.00 bits per heavy atom. The van der Waals surface area contributed by atoms with Crippen LogP contribution in [0.15, 0.2) is 9.98 Å². The van der Waals surface area contributed by atoms with Gasteiger partial charge in [-0.15, -0.1) is 0 Å². The highest BCUT2D eigenvalue weighted by atomic mass is 16.1. The van der Waals surface area contributed by atoms with Crippen molar-refractivity contribution in [1.82, 2.24) is 4.90 Å². The molecule has 0 aliphatic heterocycles. The molecule has 1 atom stereocenters. The quantitative estimate of drug-likeness (QED) is 0.465. The molecule has 14 heavy (non-hydrogen) atoms. The van der Waals surface area contributed by atoms with E-state index in [0.717, 1.165) is 6.42 Å². The number of aliphatic imine (C=N–C) groups is 2. The minimum atomic E-state index is -0.641. The molecule has 1 unspecified atom stereocenters. The summed E-state index contributed by atoms with van der Waals surface area (Å²) in [5.74, 6) is 0. The first-order valence-corrected chi connectivity index (χ1v) is 4.46. The summed E-state index contributed by atoms with van der Waals surface area (Å²) in [7, 11) is 3.86. The van der Waals surface area contributed by atoms with Crippen LogP contribution in [0.3, 0.4) is 0 Å². The van der Waals surface area contributed by atoms with Crippen LogP contribution in [0.1, 0.15) is 19.8 Å². The molecule has 5 heteroatoms. The van der Waals surface area contributed by atoms with Gasteiger partial charge in [0.2, 0.25) is 12.2 Å². The molecule has 0 aromatic heterocycles. The molecule has 0 radical (unpaired) electrons. The highest BCUT2D eigenvalue weighted by molar-refractivity contribution is 5.36. The van der Waals surface area contributed by atoms with Crippen molar-refractivity contribution in [3.63, 3.8) is 0 Å². The molecule has 0 saturated carbocycles. The number of carbonyl (C=O) groups excluding carboxylic acids is 2. The van der Waals surface area contributed by atoms with Crippen molar-refractivity contribution >= 4 is 12.2 Å². The van der Waals surface area contributed by atoms with Crippen LogP contribution in [0.25, 0.3) is 0 Å². The van der Waals surface area contributed by atoms with E-state index in [1.165, 1.54) is 12.2 Å². The first kappa shape index (κ1) is 12.7. The molecule has 0 fully saturated rings. The molecule has 0 aromatic rings. The summed E-state index contributed by atoms with van der Waals surface area (Å²) < 4.78 is 0. The number of hydrogen-bond acceptors (Lipinski definition) is 5. The van der Waals surface area contributed by atoms with E-state index in [1.807, 2.05) is 25.9 Å². The predicted molar refractivity (Wildman–Crippen MR) is 52.4 cm³/mol. The van der Waals surface area contributed by atoms with Crippen molar-refractivity contribution in [3.05, 3.63) is 0 Å². The zero-order valence-corrected chi connectivity index (χ0v) is 8.73. The Morgan fingerprint density at radius 2 is 1.71 bits per heavy atom. The van der Waals surface area contributed by atoms with Crippen LogP contribution < -0.4 is 0 Å². The fourth-order valence-corrected chi connectivity index (χ4v) is 1.24. The van der Waals surface area contributed by atoms with Crippen LogP contribution in [-0.4, -0.2) is 43.4 Å². The standard InChI is InChI=1S/C9H15N3O2/c1-4-8(12(2)3)5-9(10-6-13)11-7-14/h8-9H,4-5H2,1-3H3. The average Bonchev–Trinajstić information content (AvgIpc) is 2.14. The molecule has 0 N–H and O–H groups in total. The third kappa shape index (κ3) is 4.67. The maximum Gasteiger partial charge on any atom is 0.237 e. The second-order valence-corrected chi connectivity index (χ2v) is 3.18. The van der Waals surface area contributed by atoms with Gasteiger partial charge in [-0.3, -0.25) is 0 Å². The highest BCUT2D eigenvalue weighted by Crippen LogP contribution is 2.10. The molecule has 78 valence electrons. The molecule has 5 nitrogen and oxygen atoms in total. The van der Waals surface area contributed by atoms with Crippen LogP contribution in [0.2, 0.25) is 0 Å². The third-order valence-corrected chi connectivity index (χ3v) is 2.09. The first-order valence-electron chi connectivity index (χ1n) is 4.46. The normalized spacial score (nSPS) is 14.0. The van der Waals surface area contributed by atoms with Crippen LogP contribution in [-0.2, 0) is 9.59 Å². The first-order chi connectivity index (χ1) is 6.65. The Bertz CT molecular complexity index is 235. The van der Waals surface area contributed by atoms with E-state index in [4.69, 9.17) is 0 Å². The van der Waals surface area contributed by atoms with E-state index in [0.29, 0.717) is 6.42 Å². The van der Waals surface area contributed by atoms with Gasteiger partial charge in [-0.25, -0.2) is 9.59 Å². The van der Waals surface area contributed by atoms with E-state index in [1.54, 1.807) is 0 Å². The number of rotatable bonds is 6. The monoisotopic (exact) mass is 197 g/mol. The van der Waals surface area contributed by atoms with Crippen LogP contribution in [0.4, 0.5) is 0 Å². The number of hydrogen-bond donors (Lipinski definition) is 0. The summed E-state index contributed by atoms with van der Waals surface area (Å²) in [6, 6.07) is 0.245. The molecule has 0 spiro atoms. The Hall–Kier alpha value is -1.28. The Kier molecular flexibility index (Phi) is 6.50. The van der Waals surface area contributed by atoms with Gasteiger partial charge in [-0.2, -0.15) is 9.98 Å². The number of isocyanates is 2. The molecular weight excluding hydrogens is 182 g/mol. The van der Waals surface area contributed by atoms with Crippen molar-refractivity contribution < 1.29 is 9.59 Å². The van der Waals surface area contributed by atoms with E-state index in [9.17, 15) is 9.59 Å². The summed E-state index contributed by atoms with van der Waals surface area (Å²) in [6.07, 6.45) is 3.61. The van der Waals surface area contributed by atoms with Gasteiger partial charge in [0.25, 0.3) is 0 Å². The van der Waals surface area contributed by atoms with E-state index < -0.39 is 6.17 Å². The molecule has 0 aliphatic carbocycles. The summed E-state index contributed by atoms with van der Waals surface area (Å²) >= 11 is 0. The van der Waals surface area contributed by atoms with Gasteiger partial charge < -0.3 is 4.90 Å². The maximum atomic E-state index is 10.0. The minimum absolute atomic E-state index is 0.245. The van der Waals surface area contributed by atoms with E-state index in [-0.39, 0.29) is 6.04 Å². The van der Waals surface area contributed by atoms with Gasteiger partial charge in [0.1, 0.15) is 0 Å². The smallest absolute Gasteiger partial charge is 0.237 e. The van der Waals surface area contributed by atoms with Crippen molar-refractivity contribution in [2.75, 3.05) is 14.1 Å². The van der Waals surface area contributed by atoms with Crippen LogP contribution in [0, 0.1) is 0 Å². The molecule has 0 aromatic carbocycles. The summed E-state index contributed by atoms with van der Waals surface area (Å²) in [5.41, 5.74) is 0. The largest absolute Gasteiger partial charge is 0.306 e. The van der Waals surface area contributed by atoms with Gasteiger partial charge >= 0.3 is 0 Å². The van der Waals surface area contributed by atoms with Crippen LogP contribution in [0.5, 0.6) is 0 Å². The maximum absolute atomic E-state index is 10.0. The summed E-state index contributed by atoms with van der Waals surface area (Å²) in [6.45, 7) is 2.02. The summed E-state index contributed by atoms with van der Waals surface area (Å²) in [5, 5.41) is 0. The second-order valence-electron chi connectivity index (χ2n) is 3.18. The molecule has 0 saturated heterocycles. The summed E-state index contributed by atoms with van der Waals surface area (Å²) in [4.78, 5) is 28.9. The Balaban J connectivity index is 4.39. The fraction of sp³-hybridized carbons (Fsp3) is 0.778. The molecule has 0 heterocycles. The lowest BCUT2D eigenvalue weighted by Gasteiger charge is -2.23. The number of nitrogens with zero attached hydrogens (tertiary/aromatic N) is 3. The van der Waals surface area contributed by atoms with Crippen molar-refractivity contribution in [1.29, 1.82) is 0 Å². The van der Waals surface area contributed by atoms with E-state index in [2.05, 4.69) is 9.98 Å². The molecule has 0 bridgehead atoms. The van der Waals surface area contributed by atoms with Gasteiger partial charge in [0, 0.05) is 12.5 Å². The SMILES string of the molecule is CCC(CC(N=C=O)N=C=O)N(C)C. The highest BCUT2D eigenvalue weighted by Gasteiger charge is 2.15. The fourth-order valence-electron chi connectivity index (χ4n) is 1.24. The lowest BCUT2D eigenvalue weighted by atomic mass is 10.1. The second kappa shape index (κ2) is 7.15. The van der Waals surface area contributed by atoms with E-state index >= 15 is 0 Å².